The molecule has 4 nitrogen and oxygen atoms in total. The molecule has 1 heterocycles. The molecule has 0 amide bonds. The first-order valence-electron chi connectivity index (χ1n) is 6.64. The number of hydrogen-bond donors (Lipinski definition) is 1. The summed E-state index contributed by atoms with van der Waals surface area (Å²) < 4.78 is 18.7. The van der Waals surface area contributed by atoms with Crippen LogP contribution in [0.4, 0.5) is 10.2 Å². The zero-order chi connectivity index (χ0) is 15.5. The van der Waals surface area contributed by atoms with Crippen LogP contribution in [-0.2, 0) is 6.54 Å². The summed E-state index contributed by atoms with van der Waals surface area (Å²) in [6, 6.07) is 10.5. The van der Waals surface area contributed by atoms with Gasteiger partial charge in [0.15, 0.2) is 11.6 Å². The number of aromatic nitrogens is 2. The van der Waals surface area contributed by atoms with E-state index in [4.69, 9.17) is 16.3 Å². The number of ether oxygens (including phenoxy) is 1. The summed E-state index contributed by atoms with van der Waals surface area (Å²) in [7, 11) is 1.42. The third-order valence-electron chi connectivity index (χ3n) is 3.31. The fourth-order valence-electron chi connectivity index (χ4n) is 2.18. The number of fused-ring (bicyclic) bond motifs is 1. The van der Waals surface area contributed by atoms with Crippen molar-refractivity contribution in [1.29, 1.82) is 0 Å². The highest BCUT2D eigenvalue weighted by molar-refractivity contribution is 6.31. The summed E-state index contributed by atoms with van der Waals surface area (Å²) in [6.45, 7) is 0.505. The summed E-state index contributed by atoms with van der Waals surface area (Å²) in [5.74, 6) is 0.303. The van der Waals surface area contributed by atoms with Crippen LogP contribution in [0, 0.1) is 5.82 Å². The molecule has 0 fully saturated rings. The number of methoxy groups -OCH3 is 1. The normalized spacial score (nSPS) is 10.7. The van der Waals surface area contributed by atoms with Crippen molar-refractivity contribution in [2.45, 2.75) is 6.54 Å². The molecule has 3 rings (SSSR count). The Labute approximate surface area is 131 Å². The number of hydrogen-bond acceptors (Lipinski definition) is 4. The summed E-state index contributed by atoms with van der Waals surface area (Å²) >= 11 is 6.13. The van der Waals surface area contributed by atoms with E-state index in [9.17, 15) is 4.39 Å². The maximum atomic E-state index is 13.7. The molecule has 22 heavy (non-hydrogen) atoms. The summed E-state index contributed by atoms with van der Waals surface area (Å²) in [5.41, 5.74) is 1.46. The highest BCUT2D eigenvalue weighted by atomic mass is 35.5. The second-order valence-electron chi connectivity index (χ2n) is 4.67. The van der Waals surface area contributed by atoms with Crippen molar-refractivity contribution in [2.24, 2.45) is 0 Å². The number of rotatable bonds is 4. The SMILES string of the molecule is COc1cc2c(NCc3ccccc3Cl)ncnc2cc1F. The predicted octanol–water partition coefficient (Wildman–Crippen LogP) is 4.04. The van der Waals surface area contributed by atoms with Gasteiger partial charge in [0, 0.05) is 23.0 Å². The van der Waals surface area contributed by atoms with E-state index in [1.807, 2.05) is 24.3 Å². The minimum atomic E-state index is -0.453. The number of benzene rings is 2. The molecule has 1 aromatic heterocycles. The van der Waals surface area contributed by atoms with Gasteiger partial charge in [-0.2, -0.15) is 0 Å². The Hall–Kier alpha value is -2.40. The van der Waals surface area contributed by atoms with Crippen molar-refractivity contribution in [1.82, 2.24) is 9.97 Å². The van der Waals surface area contributed by atoms with Gasteiger partial charge in [-0.1, -0.05) is 29.8 Å². The van der Waals surface area contributed by atoms with Crippen molar-refractivity contribution in [3.63, 3.8) is 0 Å². The Morgan fingerprint density at radius 1 is 1.23 bits per heavy atom. The summed E-state index contributed by atoms with van der Waals surface area (Å²) in [6.07, 6.45) is 1.39. The lowest BCUT2D eigenvalue weighted by molar-refractivity contribution is 0.387. The molecule has 0 atom stereocenters. The van der Waals surface area contributed by atoms with E-state index in [-0.39, 0.29) is 5.75 Å². The Balaban J connectivity index is 1.95. The lowest BCUT2D eigenvalue weighted by atomic mass is 10.2. The number of anilines is 1. The Morgan fingerprint density at radius 3 is 2.82 bits per heavy atom. The van der Waals surface area contributed by atoms with E-state index in [1.165, 1.54) is 19.5 Å². The maximum absolute atomic E-state index is 13.7. The predicted molar refractivity (Wildman–Crippen MR) is 84.8 cm³/mol. The van der Waals surface area contributed by atoms with E-state index in [2.05, 4.69) is 15.3 Å². The molecule has 112 valence electrons. The highest BCUT2D eigenvalue weighted by Gasteiger charge is 2.10. The molecule has 0 aliphatic rings. The van der Waals surface area contributed by atoms with Gasteiger partial charge in [-0.25, -0.2) is 14.4 Å². The quantitative estimate of drug-likeness (QED) is 0.789. The fourth-order valence-corrected chi connectivity index (χ4v) is 2.38. The van der Waals surface area contributed by atoms with E-state index >= 15 is 0 Å². The molecule has 0 spiro atoms. The number of halogens is 2. The van der Waals surface area contributed by atoms with Gasteiger partial charge >= 0.3 is 0 Å². The molecular weight excluding hydrogens is 305 g/mol. The minimum Gasteiger partial charge on any atom is -0.494 e. The molecule has 0 radical (unpaired) electrons. The van der Waals surface area contributed by atoms with Gasteiger partial charge < -0.3 is 10.1 Å². The molecule has 2 aromatic carbocycles. The largest absolute Gasteiger partial charge is 0.494 e. The zero-order valence-electron chi connectivity index (χ0n) is 11.8. The smallest absolute Gasteiger partial charge is 0.167 e. The monoisotopic (exact) mass is 317 g/mol. The van der Waals surface area contributed by atoms with E-state index in [0.717, 1.165) is 5.56 Å². The van der Waals surface area contributed by atoms with Gasteiger partial charge in [-0.15, -0.1) is 0 Å². The first-order valence-corrected chi connectivity index (χ1v) is 7.02. The van der Waals surface area contributed by atoms with Crippen molar-refractivity contribution in [2.75, 3.05) is 12.4 Å². The van der Waals surface area contributed by atoms with Gasteiger partial charge in [-0.3, -0.25) is 0 Å². The van der Waals surface area contributed by atoms with Gasteiger partial charge in [-0.05, 0) is 17.7 Å². The van der Waals surface area contributed by atoms with Crippen LogP contribution in [0.15, 0.2) is 42.7 Å². The Morgan fingerprint density at radius 2 is 2.05 bits per heavy atom. The van der Waals surface area contributed by atoms with Gasteiger partial charge in [0.05, 0.1) is 12.6 Å². The molecule has 0 saturated carbocycles. The van der Waals surface area contributed by atoms with Crippen molar-refractivity contribution in [3.8, 4) is 5.75 Å². The highest BCUT2D eigenvalue weighted by Crippen LogP contribution is 2.27. The van der Waals surface area contributed by atoms with Gasteiger partial charge in [0.1, 0.15) is 12.1 Å². The van der Waals surface area contributed by atoms with Crippen LogP contribution in [0.2, 0.25) is 5.02 Å². The topological polar surface area (TPSA) is 47.0 Å². The lowest BCUT2D eigenvalue weighted by Gasteiger charge is -2.10. The van der Waals surface area contributed by atoms with Crippen LogP contribution in [-0.4, -0.2) is 17.1 Å². The number of nitrogens with zero attached hydrogens (tertiary/aromatic N) is 2. The third-order valence-corrected chi connectivity index (χ3v) is 3.68. The summed E-state index contributed by atoms with van der Waals surface area (Å²) in [4.78, 5) is 8.29. The first kappa shape index (κ1) is 14.5. The van der Waals surface area contributed by atoms with Crippen LogP contribution in [0.1, 0.15) is 5.56 Å². The molecule has 0 aliphatic heterocycles. The molecule has 1 N–H and O–H groups in total. The minimum absolute atomic E-state index is 0.156. The Kier molecular flexibility index (Phi) is 4.06. The molecule has 3 aromatic rings. The van der Waals surface area contributed by atoms with Gasteiger partial charge in [0.2, 0.25) is 0 Å². The van der Waals surface area contributed by atoms with E-state index in [1.54, 1.807) is 6.07 Å². The maximum Gasteiger partial charge on any atom is 0.167 e. The first-order chi connectivity index (χ1) is 10.7. The molecule has 0 unspecified atom stereocenters. The van der Waals surface area contributed by atoms with Crippen LogP contribution in [0.5, 0.6) is 5.75 Å². The van der Waals surface area contributed by atoms with Crippen molar-refractivity contribution in [3.05, 3.63) is 59.1 Å². The Bertz CT molecular complexity index is 826. The standard InChI is InChI=1S/C16H13ClFN3O/c1-22-15-6-11-14(7-13(15)18)20-9-21-16(11)19-8-10-4-2-3-5-12(10)17/h2-7,9H,8H2,1H3,(H,19,20,21). The number of nitrogens with one attached hydrogen (secondary N) is 1. The average molecular weight is 318 g/mol. The lowest BCUT2D eigenvalue weighted by Crippen LogP contribution is -2.03. The second kappa shape index (κ2) is 6.15. The molecule has 0 aliphatic carbocycles. The molecule has 0 saturated heterocycles. The van der Waals surface area contributed by atoms with Crippen LogP contribution < -0.4 is 10.1 Å². The van der Waals surface area contributed by atoms with Crippen LogP contribution in [0.3, 0.4) is 0 Å². The van der Waals surface area contributed by atoms with Crippen LogP contribution >= 0.6 is 11.6 Å². The zero-order valence-corrected chi connectivity index (χ0v) is 12.6. The van der Waals surface area contributed by atoms with E-state index in [0.29, 0.717) is 28.3 Å². The molecule has 0 bridgehead atoms. The molecular formula is C16H13ClFN3O. The summed E-state index contributed by atoms with van der Waals surface area (Å²) in [5, 5.41) is 4.57. The second-order valence-corrected chi connectivity index (χ2v) is 5.08. The fraction of sp³-hybridized carbons (Fsp3) is 0.125. The van der Waals surface area contributed by atoms with Gasteiger partial charge in [0.25, 0.3) is 0 Å². The van der Waals surface area contributed by atoms with E-state index < -0.39 is 5.82 Å². The molecule has 6 heteroatoms. The average Bonchev–Trinajstić information content (AvgIpc) is 2.53. The van der Waals surface area contributed by atoms with Crippen molar-refractivity contribution < 1.29 is 9.13 Å². The third kappa shape index (κ3) is 2.80. The van der Waals surface area contributed by atoms with Crippen LogP contribution in [0.25, 0.3) is 10.9 Å². The van der Waals surface area contributed by atoms with Crippen molar-refractivity contribution >= 4 is 28.3 Å².